The van der Waals surface area contributed by atoms with E-state index in [-0.39, 0.29) is 10.8 Å². The average Bonchev–Trinajstić information content (AvgIpc) is 2.66. The van der Waals surface area contributed by atoms with Crippen molar-refractivity contribution in [2.24, 2.45) is 0 Å². The zero-order valence-corrected chi connectivity index (χ0v) is 13.8. The van der Waals surface area contributed by atoms with E-state index in [9.17, 15) is 0 Å². The summed E-state index contributed by atoms with van der Waals surface area (Å²) in [4.78, 5) is 7.88. The van der Waals surface area contributed by atoms with Crippen LogP contribution in [0, 0.1) is 11.3 Å². The predicted molar refractivity (Wildman–Crippen MR) is 90.3 cm³/mol. The molecule has 1 aliphatic rings. The second-order valence-corrected chi connectivity index (χ2v) is 4.93. The van der Waals surface area contributed by atoms with Crippen molar-refractivity contribution in [3.05, 3.63) is 29.3 Å². The largest absolute Gasteiger partial charge is 0.385 e. The van der Waals surface area contributed by atoms with Crippen LogP contribution in [-0.2, 0) is 4.74 Å². The normalized spacial score (nSPS) is 13.2. The minimum absolute atomic E-state index is 0.249. The van der Waals surface area contributed by atoms with Crippen LogP contribution in [0.1, 0.15) is 5.69 Å². The van der Waals surface area contributed by atoms with Gasteiger partial charge in [-0.15, -0.1) is 10.2 Å². The van der Waals surface area contributed by atoms with Gasteiger partial charge < -0.3 is 20.7 Å². The number of nitrogens with zero attached hydrogens (tertiary/aromatic N) is 5. The maximum absolute atomic E-state index is 8.60. The number of aromatic nitrogens is 4. The Morgan fingerprint density at radius 2 is 2.00 bits per heavy atom. The van der Waals surface area contributed by atoms with E-state index in [0.717, 1.165) is 26.3 Å². The Kier molecular flexibility index (Phi) is 7.10. The van der Waals surface area contributed by atoms with Crippen LogP contribution in [-0.4, -0.2) is 53.5 Å². The van der Waals surface area contributed by atoms with Crippen LogP contribution >= 0.6 is 11.6 Å². The standard InChI is InChI=1S/C10H8ClN7.C4H9NO/c1-13-7-2-8(17-18-10(7)11)16-9-5-14-6(3-12)4-15-9;1-3-6-4-2-5-1/h2,4-5H,1H3,(H2,13,15,16,17);5H,1-4H2. The van der Waals surface area contributed by atoms with Gasteiger partial charge >= 0.3 is 0 Å². The van der Waals surface area contributed by atoms with E-state index in [0.29, 0.717) is 17.3 Å². The monoisotopic (exact) mass is 348 g/mol. The molecule has 0 radical (unpaired) electrons. The summed E-state index contributed by atoms with van der Waals surface area (Å²) in [5, 5.41) is 25.5. The fourth-order valence-electron chi connectivity index (χ4n) is 1.71. The lowest BCUT2D eigenvalue weighted by Gasteiger charge is -2.10. The zero-order chi connectivity index (χ0) is 17.2. The Labute approximate surface area is 144 Å². The molecule has 1 saturated heterocycles. The summed E-state index contributed by atoms with van der Waals surface area (Å²) in [6.45, 7) is 3.83. The van der Waals surface area contributed by atoms with Crippen LogP contribution in [0.5, 0.6) is 0 Å². The van der Waals surface area contributed by atoms with Gasteiger partial charge in [0.05, 0.1) is 31.3 Å². The first-order valence-corrected chi connectivity index (χ1v) is 7.59. The van der Waals surface area contributed by atoms with E-state index < -0.39 is 0 Å². The molecule has 0 aliphatic carbocycles. The third kappa shape index (κ3) is 5.58. The number of nitrogens with one attached hydrogen (secondary N) is 3. The van der Waals surface area contributed by atoms with Crippen LogP contribution in [0.3, 0.4) is 0 Å². The summed E-state index contributed by atoms with van der Waals surface area (Å²) in [5.74, 6) is 0.940. The molecule has 2 aromatic rings. The second-order valence-electron chi connectivity index (χ2n) is 4.57. The third-order valence-electron chi connectivity index (χ3n) is 2.89. The van der Waals surface area contributed by atoms with Crippen LogP contribution in [0.15, 0.2) is 18.5 Å². The topological polar surface area (TPSA) is 121 Å². The SMILES string of the molecule is C1COCCN1.CNc1cc(Nc2cnc(C#N)cn2)nnc1Cl. The maximum Gasteiger partial charge on any atom is 0.174 e. The van der Waals surface area contributed by atoms with Gasteiger partial charge in [0.15, 0.2) is 16.7 Å². The summed E-state index contributed by atoms with van der Waals surface area (Å²) >= 11 is 5.81. The van der Waals surface area contributed by atoms with Gasteiger partial charge in [-0.2, -0.15) is 5.26 Å². The van der Waals surface area contributed by atoms with E-state index in [4.69, 9.17) is 21.6 Å². The van der Waals surface area contributed by atoms with Gasteiger partial charge in [-0.25, -0.2) is 9.97 Å². The zero-order valence-electron chi connectivity index (χ0n) is 13.1. The number of ether oxygens (including phenoxy) is 1. The molecule has 0 atom stereocenters. The molecule has 1 fully saturated rings. The molecule has 24 heavy (non-hydrogen) atoms. The van der Waals surface area contributed by atoms with Crippen LogP contribution < -0.4 is 16.0 Å². The molecule has 0 spiro atoms. The summed E-state index contributed by atoms with van der Waals surface area (Å²) in [7, 11) is 1.73. The fourth-order valence-corrected chi connectivity index (χ4v) is 1.90. The lowest BCUT2D eigenvalue weighted by Crippen LogP contribution is -2.30. The maximum atomic E-state index is 8.60. The summed E-state index contributed by atoms with van der Waals surface area (Å²) in [6.07, 6.45) is 2.80. The molecule has 0 amide bonds. The Hall–Kier alpha value is -2.54. The lowest BCUT2D eigenvalue weighted by molar-refractivity contribution is 0.109. The molecular weight excluding hydrogens is 332 g/mol. The van der Waals surface area contributed by atoms with Crippen molar-refractivity contribution < 1.29 is 4.74 Å². The van der Waals surface area contributed by atoms with Gasteiger partial charge in [0.2, 0.25) is 0 Å². The van der Waals surface area contributed by atoms with Crippen molar-refractivity contribution in [3.63, 3.8) is 0 Å². The highest BCUT2D eigenvalue weighted by Crippen LogP contribution is 2.21. The summed E-state index contributed by atoms with van der Waals surface area (Å²) in [6, 6.07) is 3.58. The molecule has 0 aromatic carbocycles. The van der Waals surface area contributed by atoms with Crippen LogP contribution in [0.2, 0.25) is 5.15 Å². The highest BCUT2D eigenvalue weighted by atomic mass is 35.5. The second kappa shape index (κ2) is 9.57. The highest BCUT2D eigenvalue weighted by molar-refractivity contribution is 6.31. The Morgan fingerprint density at radius 3 is 2.50 bits per heavy atom. The molecule has 9 nitrogen and oxygen atoms in total. The van der Waals surface area contributed by atoms with Crippen molar-refractivity contribution in [2.75, 3.05) is 44.0 Å². The number of anilines is 3. The number of morpholine rings is 1. The van der Waals surface area contributed by atoms with E-state index >= 15 is 0 Å². The minimum atomic E-state index is 0.249. The molecular formula is C14H17ClN8O. The first-order chi connectivity index (χ1) is 11.7. The van der Waals surface area contributed by atoms with Crippen LogP contribution in [0.4, 0.5) is 17.3 Å². The van der Waals surface area contributed by atoms with E-state index in [1.165, 1.54) is 12.4 Å². The molecule has 1 aliphatic heterocycles. The van der Waals surface area contributed by atoms with Gasteiger partial charge in [-0.1, -0.05) is 11.6 Å². The Bertz CT molecular complexity index is 673. The highest BCUT2D eigenvalue weighted by Gasteiger charge is 2.04. The molecule has 0 saturated carbocycles. The molecule has 2 aromatic heterocycles. The van der Waals surface area contributed by atoms with Gasteiger partial charge in [0.25, 0.3) is 0 Å². The molecule has 0 bridgehead atoms. The molecule has 3 heterocycles. The van der Waals surface area contributed by atoms with Crippen molar-refractivity contribution >= 4 is 28.9 Å². The smallest absolute Gasteiger partial charge is 0.174 e. The number of rotatable bonds is 3. The number of halogens is 1. The number of nitriles is 1. The van der Waals surface area contributed by atoms with E-state index in [1.807, 2.05) is 6.07 Å². The average molecular weight is 349 g/mol. The molecule has 3 rings (SSSR count). The summed E-state index contributed by atoms with van der Waals surface area (Å²) < 4.78 is 5.01. The molecule has 126 valence electrons. The minimum Gasteiger partial charge on any atom is -0.385 e. The Balaban J connectivity index is 0.000000292. The fraction of sp³-hybridized carbons (Fsp3) is 0.357. The number of hydrogen-bond acceptors (Lipinski definition) is 9. The predicted octanol–water partition coefficient (Wildman–Crippen LogP) is 1.18. The first-order valence-electron chi connectivity index (χ1n) is 7.21. The van der Waals surface area contributed by atoms with Crippen molar-refractivity contribution in [1.29, 1.82) is 5.26 Å². The van der Waals surface area contributed by atoms with Gasteiger partial charge in [-0.05, 0) is 0 Å². The van der Waals surface area contributed by atoms with E-state index in [2.05, 4.69) is 36.1 Å². The van der Waals surface area contributed by atoms with Gasteiger partial charge in [-0.3, -0.25) is 0 Å². The molecule has 3 N–H and O–H groups in total. The summed E-state index contributed by atoms with van der Waals surface area (Å²) in [5.41, 5.74) is 0.898. The molecule has 0 unspecified atom stereocenters. The van der Waals surface area contributed by atoms with Crippen molar-refractivity contribution in [2.45, 2.75) is 0 Å². The quantitative estimate of drug-likeness (QED) is 0.750. The van der Waals surface area contributed by atoms with Crippen LogP contribution in [0.25, 0.3) is 0 Å². The van der Waals surface area contributed by atoms with Gasteiger partial charge in [0, 0.05) is 26.2 Å². The molecule has 10 heteroatoms. The first kappa shape index (κ1) is 17.8. The van der Waals surface area contributed by atoms with Crippen molar-refractivity contribution in [1.82, 2.24) is 25.5 Å². The van der Waals surface area contributed by atoms with Gasteiger partial charge in [0.1, 0.15) is 11.9 Å². The number of hydrogen-bond donors (Lipinski definition) is 3. The van der Waals surface area contributed by atoms with E-state index in [1.54, 1.807) is 13.1 Å². The Morgan fingerprint density at radius 1 is 1.21 bits per heavy atom. The van der Waals surface area contributed by atoms with Crippen molar-refractivity contribution in [3.8, 4) is 6.07 Å². The third-order valence-corrected chi connectivity index (χ3v) is 3.17. The lowest BCUT2D eigenvalue weighted by atomic mass is 10.4.